The Labute approximate surface area is 75.7 Å². The number of ketones is 1. The summed E-state index contributed by atoms with van der Waals surface area (Å²) in [6, 6.07) is 6.73. The third-order valence-electron chi connectivity index (χ3n) is 1.63. The fraction of sp³-hybridized carbons (Fsp3) is 0.111. The van der Waals surface area contributed by atoms with Crippen molar-refractivity contribution in [2.45, 2.75) is 0 Å². The first-order valence-corrected chi connectivity index (χ1v) is 3.82. The lowest BCUT2D eigenvalue weighted by atomic mass is 10.1. The van der Waals surface area contributed by atoms with E-state index in [1.165, 1.54) is 0 Å². The van der Waals surface area contributed by atoms with E-state index in [2.05, 4.69) is 5.32 Å². The van der Waals surface area contributed by atoms with Crippen LogP contribution in [0.3, 0.4) is 0 Å². The Kier molecular flexibility index (Phi) is 3.16. The van der Waals surface area contributed by atoms with Crippen LogP contribution < -0.4 is 11.1 Å². The summed E-state index contributed by atoms with van der Waals surface area (Å²) in [6.45, 7) is -0.0580. The average Bonchev–Trinajstić information content (AvgIpc) is 2.18. The SMILES string of the molecule is NCC(=O)c1ccccc1NC=O. The highest BCUT2D eigenvalue weighted by molar-refractivity contribution is 6.03. The lowest BCUT2D eigenvalue weighted by Gasteiger charge is -2.04. The Morgan fingerprint density at radius 2 is 2.15 bits per heavy atom. The number of para-hydroxylation sites is 1. The zero-order valence-electron chi connectivity index (χ0n) is 6.99. The fourth-order valence-corrected chi connectivity index (χ4v) is 1.03. The molecule has 0 unspecified atom stereocenters. The van der Waals surface area contributed by atoms with Crippen molar-refractivity contribution in [1.29, 1.82) is 0 Å². The summed E-state index contributed by atoms with van der Waals surface area (Å²) in [5.74, 6) is -0.190. The summed E-state index contributed by atoms with van der Waals surface area (Å²) in [5.41, 5.74) is 6.14. The zero-order chi connectivity index (χ0) is 9.68. The van der Waals surface area contributed by atoms with Crippen molar-refractivity contribution in [3.8, 4) is 0 Å². The maximum Gasteiger partial charge on any atom is 0.211 e. The smallest absolute Gasteiger partial charge is 0.211 e. The van der Waals surface area contributed by atoms with Crippen molar-refractivity contribution in [1.82, 2.24) is 0 Å². The van der Waals surface area contributed by atoms with Gasteiger partial charge in [0.1, 0.15) is 0 Å². The van der Waals surface area contributed by atoms with Crippen molar-refractivity contribution < 1.29 is 9.59 Å². The van der Waals surface area contributed by atoms with E-state index in [1.54, 1.807) is 24.3 Å². The maximum absolute atomic E-state index is 11.2. The molecule has 0 saturated heterocycles. The molecule has 0 fully saturated rings. The summed E-state index contributed by atoms with van der Waals surface area (Å²) < 4.78 is 0. The van der Waals surface area contributed by atoms with Gasteiger partial charge in [-0.3, -0.25) is 9.59 Å². The number of carbonyl (C=O) groups excluding carboxylic acids is 2. The fourth-order valence-electron chi connectivity index (χ4n) is 1.03. The number of nitrogens with one attached hydrogen (secondary N) is 1. The molecule has 0 bridgehead atoms. The lowest BCUT2D eigenvalue weighted by Crippen LogP contribution is -2.15. The molecule has 0 aliphatic carbocycles. The molecule has 0 radical (unpaired) electrons. The third kappa shape index (κ3) is 2.13. The van der Waals surface area contributed by atoms with Gasteiger partial charge in [-0.15, -0.1) is 0 Å². The van der Waals surface area contributed by atoms with Crippen molar-refractivity contribution in [3.05, 3.63) is 29.8 Å². The monoisotopic (exact) mass is 178 g/mol. The van der Waals surface area contributed by atoms with Crippen LogP contribution >= 0.6 is 0 Å². The largest absolute Gasteiger partial charge is 0.328 e. The van der Waals surface area contributed by atoms with E-state index in [9.17, 15) is 9.59 Å². The molecule has 0 aliphatic rings. The van der Waals surface area contributed by atoms with Gasteiger partial charge in [0.15, 0.2) is 5.78 Å². The third-order valence-corrected chi connectivity index (χ3v) is 1.63. The van der Waals surface area contributed by atoms with E-state index in [0.717, 1.165) is 0 Å². The summed E-state index contributed by atoms with van der Waals surface area (Å²) in [4.78, 5) is 21.4. The molecular weight excluding hydrogens is 168 g/mol. The van der Waals surface area contributed by atoms with E-state index in [1.807, 2.05) is 0 Å². The van der Waals surface area contributed by atoms with Crippen LogP contribution in [-0.4, -0.2) is 18.7 Å². The van der Waals surface area contributed by atoms with Crippen LogP contribution in [0.15, 0.2) is 24.3 Å². The summed E-state index contributed by atoms with van der Waals surface area (Å²) in [7, 11) is 0. The molecule has 1 amide bonds. The summed E-state index contributed by atoms with van der Waals surface area (Å²) in [6.07, 6.45) is 0.530. The average molecular weight is 178 g/mol. The Morgan fingerprint density at radius 1 is 1.46 bits per heavy atom. The first kappa shape index (κ1) is 9.41. The Hall–Kier alpha value is -1.68. The standard InChI is InChI=1S/C9H10N2O2/c10-5-9(13)7-3-1-2-4-8(7)11-6-12/h1-4,6H,5,10H2,(H,11,12). The van der Waals surface area contributed by atoms with Crippen LogP contribution in [0.4, 0.5) is 5.69 Å². The minimum atomic E-state index is -0.190. The molecule has 0 aliphatic heterocycles. The second kappa shape index (κ2) is 4.37. The minimum absolute atomic E-state index is 0.0580. The van der Waals surface area contributed by atoms with Crippen LogP contribution in [0.1, 0.15) is 10.4 Å². The Morgan fingerprint density at radius 3 is 2.77 bits per heavy atom. The van der Waals surface area contributed by atoms with Crippen molar-refractivity contribution in [2.75, 3.05) is 11.9 Å². The maximum atomic E-state index is 11.2. The minimum Gasteiger partial charge on any atom is -0.328 e. The van der Waals surface area contributed by atoms with Gasteiger partial charge >= 0.3 is 0 Å². The second-order valence-electron chi connectivity index (χ2n) is 2.44. The number of Topliss-reactive ketones (excluding diaryl/α,β-unsaturated/α-hetero) is 1. The van der Waals surface area contributed by atoms with Gasteiger partial charge in [-0.25, -0.2) is 0 Å². The number of rotatable bonds is 4. The normalized spacial score (nSPS) is 9.31. The molecule has 1 aromatic rings. The first-order valence-electron chi connectivity index (χ1n) is 3.82. The lowest BCUT2D eigenvalue weighted by molar-refractivity contribution is -0.105. The molecule has 0 aromatic heterocycles. The van der Waals surface area contributed by atoms with E-state index < -0.39 is 0 Å². The zero-order valence-corrected chi connectivity index (χ0v) is 6.99. The van der Waals surface area contributed by atoms with E-state index >= 15 is 0 Å². The van der Waals surface area contributed by atoms with Gasteiger partial charge in [0.25, 0.3) is 0 Å². The van der Waals surface area contributed by atoms with Crippen LogP contribution in [0.2, 0.25) is 0 Å². The predicted molar refractivity (Wildman–Crippen MR) is 49.5 cm³/mol. The number of carbonyl (C=O) groups is 2. The molecule has 0 atom stereocenters. The quantitative estimate of drug-likeness (QED) is 0.517. The molecule has 68 valence electrons. The molecule has 3 N–H and O–H groups in total. The van der Waals surface area contributed by atoms with E-state index in [0.29, 0.717) is 17.7 Å². The van der Waals surface area contributed by atoms with Gasteiger partial charge in [0.2, 0.25) is 6.41 Å². The summed E-state index contributed by atoms with van der Waals surface area (Å²) in [5, 5.41) is 2.43. The number of benzene rings is 1. The van der Waals surface area contributed by atoms with E-state index in [-0.39, 0.29) is 12.3 Å². The molecule has 0 heterocycles. The van der Waals surface area contributed by atoms with Gasteiger partial charge in [0.05, 0.1) is 12.2 Å². The Balaban J connectivity index is 3.03. The molecule has 13 heavy (non-hydrogen) atoms. The summed E-state index contributed by atoms with van der Waals surface area (Å²) >= 11 is 0. The first-order chi connectivity index (χ1) is 6.29. The molecule has 1 aromatic carbocycles. The van der Waals surface area contributed by atoms with Crippen molar-refractivity contribution in [3.63, 3.8) is 0 Å². The Bertz CT molecular complexity index is 323. The molecule has 0 saturated carbocycles. The van der Waals surface area contributed by atoms with Gasteiger partial charge in [-0.2, -0.15) is 0 Å². The second-order valence-corrected chi connectivity index (χ2v) is 2.44. The van der Waals surface area contributed by atoms with Gasteiger partial charge < -0.3 is 11.1 Å². The number of nitrogens with two attached hydrogens (primary N) is 1. The number of amides is 1. The topological polar surface area (TPSA) is 72.2 Å². The van der Waals surface area contributed by atoms with Crippen molar-refractivity contribution in [2.24, 2.45) is 5.73 Å². The van der Waals surface area contributed by atoms with E-state index in [4.69, 9.17) is 5.73 Å². The molecule has 0 spiro atoms. The van der Waals surface area contributed by atoms with Crippen LogP contribution in [-0.2, 0) is 4.79 Å². The molecule has 4 heteroatoms. The number of hydrogen-bond donors (Lipinski definition) is 2. The number of hydrogen-bond acceptors (Lipinski definition) is 3. The van der Waals surface area contributed by atoms with Crippen LogP contribution in [0, 0.1) is 0 Å². The molecule has 4 nitrogen and oxygen atoms in total. The molecular formula is C9H10N2O2. The van der Waals surface area contributed by atoms with Crippen LogP contribution in [0.25, 0.3) is 0 Å². The van der Waals surface area contributed by atoms with Crippen LogP contribution in [0.5, 0.6) is 0 Å². The highest BCUT2D eigenvalue weighted by Gasteiger charge is 2.07. The van der Waals surface area contributed by atoms with Gasteiger partial charge in [0, 0.05) is 5.56 Å². The van der Waals surface area contributed by atoms with Gasteiger partial charge in [-0.1, -0.05) is 12.1 Å². The number of anilines is 1. The molecule has 1 rings (SSSR count). The van der Waals surface area contributed by atoms with Crippen molar-refractivity contribution >= 4 is 17.9 Å². The predicted octanol–water partition coefficient (Wildman–Crippen LogP) is 0.396. The highest BCUT2D eigenvalue weighted by atomic mass is 16.1. The highest BCUT2D eigenvalue weighted by Crippen LogP contribution is 2.13. The van der Waals surface area contributed by atoms with Gasteiger partial charge in [-0.05, 0) is 12.1 Å².